The van der Waals surface area contributed by atoms with Gasteiger partial charge in [-0.2, -0.15) is 0 Å². The average molecular weight is 203 g/mol. The van der Waals surface area contributed by atoms with Crippen molar-refractivity contribution in [1.29, 1.82) is 0 Å². The highest BCUT2D eigenvalue weighted by atomic mass is 16.4. The third-order valence-corrected chi connectivity index (χ3v) is 2.19. The van der Waals surface area contributed by atoms with Crippen LogP contribution < -0.4 is 5.73 Å². The normalized spacial score (nSPS) is 12.8. The van der Waals surface area contributed by atoms with E-state index in [-0.39, 0.29) is 12.5 Å². The molecule has 1 atom stereocenters. The van der Waals surface area contributed by atoms with Gasteiger partial charge in [-0.25, -0.2) is 0 Å². The number of rotatable bonds is 7. The van der Waals surface area contributed by atoms with Gasteiger partial charge in [0.15, 0.2) is 5.92 Å². The van der Waals surface area contributed by atoms with Crippen molar-refractivity contribution in [3.8, 4) is 0 Å². The number of carboxylic acids is 2. The van der Waals surface area contributed by atoms with Crippen LogP contribution in [-0.2, 0) is 9.59 Å². The van der Waals surface area contributed by atoms with E-state index < -0.39 is 17.9 Å². The fourth-order valence-corrected chi connectivity index (χ4v) is 1.14. The van der Waals surface area contributed by atoms with E-state index in [0.717, 1.165) is 6.42 Å². The van der Waals surface area contributed by atoms with Crippen LogP contribution in [0.1, 0.15) is 32.6 Å². The minimum absolute atomic E-state index is 0.0400. The summed E-state index contributed by atoms with van der Waals surface area (Å²) in [5.74, 6) is -3.84. The number of nitrogens with two attached hydrogens (primary N) is 1. The summed E-state index contributed by atoms with van der Waals surface area (Å²) in [5.41, 5.74) is 5.62. The summed E-state index contributed by atoms with van der Waals surface area (Å²) in [6.07, 6.45) is 2.19. The van der Waals surface area contributed by atoms with E-state index in [1.807, 2.05) is 6.92 Å². The van der Waals surface area contributed by atoms with Gasteiger partial charge in [0.05, 0.1) is 0 Å². The molecule has 0 aliphatic carbocycles. The summed E-state index contributed by atoms with van der Waals surface area (Å²) < 4.78 is 0. The zero-order valence-electron chi connectivity index (χ0n) is 8.27. The van der Waals surface area contributed by atoms with Gasteiger partial charge in [0.1, 0.15) is 0 Å². The SMILES string of the molecule is CCC(N)CCCC(C(=O)O)C(=O)O. The second-order valence-corrected chi connectivity index (χ2v) is 3.33. The molecule has 0 saturated carbocycles. The van der Waals surface area contributed by atoms with Crippen molar-refractivity contribution in [2.75, 3.05) is 0 Å². The summed E-state index contributed by atoms with van der Waals surface area (Å²) in [4.78, 5) is 20.9. The predicted molar refractivity (Wildman–Crippen MR) is 50.9 cm³/mol. The first-order chi connectivity index (χ1) is 6.49. The molecule has 82 valence electrons. The molecular weight excluding hydrogens is 186 g/mol. The second-order valence-electron chi connectivity index (χ2n) is 3.33. The molecule has 0 amide bonds. The minimum Gasteiger partial charge on any atom is -0.481 e. The van der Waals surface area contributed by atoms with E-state index in [4.69, 9.17) is 15.9 Å². The molecule has 1 unspecified atom stereocenters. The van der Waals surface area contributed by atoms with Crippen LogP contribution in [0.4, 0.5) is 0 Å². The van der Waals surface area contributed by atoms with E-state index in [1.54, 1.807) is 0 Å². The van der Waals surface area contributed by atoms with Gasteiger partial charge in [0, 0.05) is 6.04 Å². The highest BCUT2D eigenvalue weighted by Crippen LogP contribution is 2.11. The Morgan fingerprint density at radius 3 is 2.07 bits per heavy atom. The summed E-state index contributed by atoms with van der Waals surface area (Å²) in [7, 11) is 0. The van der Waals surface area contributed by atoms with Crippen molar-refractivity contribution >= 4 is 11.9 Å². The molecule has 0 aromatic heterocycles. The molecule has 0 spiro atoms. The van der Waals surface area contributed by atoms with Gasteiger partial charge < -0.3 is 15.9 Å². The molecule has 0 bridgehead atoms. The van der Waals surface area contributed by atoms with Gasteiger partial charge in [0.2, 0.25) is 0 Å². The number of carbonyl (C=O) groups is 2. The lowest BCUT2D eigenvalue weighted by atomic mass is 9.99. The maximum absolute atomic E-state index is 10.5. The van der Waals surface area contributed by atoms with Crippen LogP contribution in [0, 0.1) is 5.92 Å². The van der Waals surface area contributed by atoms with Crippen LogP contribution >= 0.6 is 0 Å². The number of hydrogen-bond donors (Lipinski definition) is 3. The van der Waals surface area contributed by atoms with E-state index in [0.29, 0.717) is 12.8 Å². The maximum atomic E-state index is 10.5. The Balaban J connectivity index is 3.84. The van der Waals surface area contributed by atoms with Gasteiger partial charge >= 0.3 is 11.9 Å². The molecule has 5 nitrogen and oxygen atoms in total. The highest BCUT2D eigenvalue weighted by Gasteiger charge is 2.24. The zero-order chi connectivity index (χ0) is 11.1. The van der Waals surface area contributed by atoms with E-state index in [9.17, 15) is 9.59 Å². The van der Waals surface area contributed by atoms with Crippen LogP contribution in [0.25, 0.3) is 0 Å². The van der Waals surface area contributed by atoms with Crippen molar-refractivity contribution in [2.45, 2.75) is 38.6 Å². The molecule has 0 aliphatic heterocycles. The molecule has 0 aromatic rings. The van der Waals surface area contributed by atoms with Crippen molar-refractivity contribution in [2.24, 2.45) is 11.7 Å². The molecule has 5 heteroatoms. The Bertz CT molecular complexity index is 191. The minimum atomic E-state index is -1.29. The molecule has 0 fully saturated rings. The largest absolute Gasteiger partial charge is 0.481 e. The number of carboxylic acid groups (broad SMARTS) is 2. The van der Waals surface area contributed by atoms with Crippen LogP contribution in [-0.4, -0.2) is 28.2 Å². The third-order valence-electron chi connectivity index (χ3n) is 2.19. The summed E-state index contributed by atoms with van der Waals surface area (Å²) in [6.45, 7) is 1.94. The van der Waals surface area contributed by atoms with Crippen LogP contribution in [0.15, 0.2) is 0 Å². The third kappa shape index (κ3) is 4.81. The van der Waals surface area contributed by atoms with Crippen LogP contribution in [0.5, 0.6) is 0 Å². The maximum Gasteiger partial charge on any atom is 0.317 e. The molecule has 0 heterocycles. The fraction of sp³-hybridized carbons (Fsp3) is 0.778. The van der Waals surface area contributed by atoms with E-state index >= 15 is 0 Å². The molecule has 4 N–H and O–H groups in total. The zero-order valence-corrected chi connectivity index (χ0v) is 8.27. The second kappa shape index (κ2) is 6.37. The van der Waals surface area contributed by atoms with Crippen LogP contribution in [0.3, 0.4) is 0 Å². The summed E-state index contributed by atoms with van der Waals surface area (Å²) in [6, 6.07) is 0.0400. The molecule has 0 saturated heterocycles. The summed E-state index contributed by atoms with van der Waals surface area (Å²) >= 11 is 0. The standard InChI is InChI=1S/C9H17NO4/c1-2-6(10)4-3-5-7(8(11)12)9(13)14/h6-7H,2-5,10H2,1H3,(H,11,12)(H,13,14). The first-order valence-electron chi connectivity index (χ1n) is 4.70. The van der Waals surface area contributed by atoms with Gasteiger partial charge in [-0.05, 0) is 19.3 Å². The Hall–Kier alpha value is -1.10. The Morgan fingerprint density at radius 2 is 1.71 bits per heavy atom. The molecular formula is C9H17NO4. The predicted octanol–water partition coefficient (Wildman–Crippen LogP) is 0.679. The average Bonchev–Trinajstić information content (AvgIpc) is 2.10. The van der Waals surface area contributed by atoms with Gasteiger partial charge in [0.25, 0.3) is 0 Å². The van der Waals surface area contributed by atoms with Gasteiger partial charge in [-0.15, -0.1) is 0 Å². The number of aliphatic carboxylic acids is 2. The van der Waals surface area contributed by atoms with Crippen molar-refractivity contribution in [3.63, 3.8) is 0 Å². The lowest BCUT2D eigenvalue weighted by Crippen LogP contribution is -2.24. The van der Waals surface area contributed by atoms with Crippen molar-refractivity contribution in [1.82, 2.24) is 0 Å². The molecule has 0 aliphatic rings. The van der Waals surface area contributed by atoms with E-state index in [2.05, 4.69) is 0 Å². The van der Waals surface area contributed by atoms with E-state index in [1.165, 1.54) is 0 Å². The molecule has 0 aromatic carbocycles. The Morgan fingerprint density at radius 1 is 1.21 bits per heavy atom. The van der Waals surface area contributed by atoms with Crippen molar-refractivity contribution < 1.29 is 19.8 Å². The summed E-state index contributed by atoms with van der Waals surface area (Å²) in [5, 5.41) is 17.1. The topological polar surface area (TPSA) is 101 Å². The fourth-order valence-electron chi connectivity index (χ4n) is 1.14. The Labute approximate surface area is 82.9 Å². The first-order valence-corrected chi connectivity index (χ1v) is 4.70. The van der Waals surface area contributed by atoms with Gasteiger partial charge in [-0.3, -0.25) is 9.59 Å². The lowest BCUT2D eigenvalue weighted by molar-refractivity contribution is -0.154. The Kier molecular flexibility index (Phi) is 5.87. The molecule has 14 heavy (non-hydrogen) atoms. The quantitative estimate of drug-likeness (QED) is 0.528. The van der Waals surface area contributed by atoms with Crippen molar-refractivity contribution in [3.05, 3.63) is 0 Å². The lowest BCUT2D eigenvalue weighted by Gasteiger charge is -2.10. The molecule has 0 rings (SSSR count). The van der Waals surface area contributed by atoms with Gasteiger partial charge in [-0.1, -0.05) is 13.3 Å². The van der Waals surface area contributed by atoms with Crippen LogP contribution in [0.2, 0.25) is 0 Å². The first kappa shape index (κ1) is 12.9. The smallest absolute Gasteiger partial charge is 0.317 e. The monoisotopic (exact) mass is 203 g/mol. The highest BCUT2D eigenvalue weighted by molar-refractivity contribution is 5.92. The molecule has 0 radical (unpaired) electrons. The number of hydrogen-bond acceptors (Lipinski definition) is 3.